The van der Waals surface area contributed by atoms with E-state index < -0.39 is 10.0 Å². The number of hydrogen-bond acceptors (Lipinski definition) is 3. The Hall–Kier alpha value is -1.88. The Morgan fingerprint density at radius 3 is 2.52 bits per heavy atom. The lowest BCUT2D eigenvalue weighted by Crippen LogP contribution is -2.36. The Labute approximate surface area is 124 Å². The molecule has 0 spiro atoms. The van der Waals surface area contributed by atoms with Gasteiger partial charge in [0.15, 0.2) is 0 Å². The van der Waals surface area contributed by atoms with Gasteiger partial charge in [0.05, 0.1) is 4.90 Å². The molecule has 4 nitrogen and oxygen atoms in total. The van der Waals surface area contributed by atoms with Crippen LogP contribution in [0.5, 0.6) is 0 Å². The fraction of sp³-hybridized carbons (Fsp3) is 0.312. The summed E-state index contributed by atoms with van der Waals surface area (Å²) in [5.74, 6) is -0.291. The third kappa shape index (κ3) is 2.53. The molecule has 0 N–H and O–H groups in total. The number of benzene rings is 2. The number of hydrogen-bond donors (Lipinski definition) is 0. The van der Waals surface area contributed by atoms with Gasteiger partial charge in [-0.25, -0.2) is 12.7 Å². The summed E-state index contributed by atoms with van der Waals surface area (Å²) in [4.78, 5) is 12.3. The van der Waals surface area contributed by atoms with E-state index in [9.17, 15) is 13.2 Å². The molecule has 110 valence electrons. The second-order valence-corrected chi connectivity index (χ2v) is 7.09. The van der Waals surface area contributed by atoms with Crippen LogP contribution in [0.25, 0.3) is 10.8 Å². The molecule has 1 amide bonds. The quantitative estimate of drug-likeness (QED) is 0.857. The van der Waals surface area contributed by atoms with Crippen molar-refractivity contribution < 1.29 is 13.2 Å². The molecule has 1 fully saturated rings. The Balaban J connectivity index is 2.14. The van der Waals surface area contributed by atoms with E-state index in [0.717, 1.165) is 29.0 Å². The Bertz CT molecular complexity index is 778. The molecule has 3 rings (SSSR count). The maximum atomic E-state index is 12.9. The van der Waals surface area contributed by atoms with Gasteiger partial charge in [0.25, 0.3) is 10.0 Å². The summed E-state index contributed by atoms with van der Waals surface area (Å²) in [5.41, 5.74) is 0. The molecular weight excluding hydrogens is 286 g/mol. The number of sulfonamides is 1. The van der Waals surface area contributed by atoms with Crippen molar-refractivity contribution in [3.8, 4) is 0 Å². The monoisotopic (exact) mass is 303 g/mol. The summed E-state index contributed by atoms with van der Waals surface area (Å²) in [6, 6.07) is 12.5. The van der Waals surface area contributed by atoms with Gasteiger partial charge in [0.1, 0.15) is 0 Å². The van der Waals surface area contributed by atoms with Gasteiger partial charge in [0.2, 0.25) is 5.91 Å². The van der Waals surface area contributed by atoms with Crippen LogP contribution in [0.15, 0.2) is 47.4 Å². The van der Waals surface area contributed by atoms with E-state index in [1.54, 1.807) is 18.2 Å². The van der Waals surface area contributed by atoms with E-state index in [-0.39, 0.29) is 17.3 Å². The molecule has 1 saturated heterocycles. The molecule has 1 heterocycles. The summed E-state index contributed by atoms with van der Waals surface area (Å²) in [5, 5.41) is 1.53. The van der Waals surface area contributed by atoms with Crippen molar-refractivity contribution in [2.24, 2.45) is 0 Å². The minimum absolute atomic E-state index is 0.218. The van der Waals surface area contributed by atoms with Crippen LogP contribution in [0.3, 0.4) is 0 Å². The molecule has 0 saturated carbocycles. The Morgan fingerprint density at radius 2 is 1.67 bits per heavy atom. The molecule has 0 unspecified atom stereocenters. The second kappa shape index (κ2) is 5.48. The number of amides is 1. The number of carbonyl (C=O) groups excluding carboxylic acids is 1. The van der Waals surface area contributed by atoms with Gasteiger partial charge in [-0.2, -0.15) is 0 Å². The number of rotatable bonds is 2. The SMILES string of the molecule is O=C1CCCCCN1S(=O)(=O)c1cccc2ccccc12. The van der Waals surface area contributed by atoms with E-state index in [1.807, 2.05) is 24.3 Å². The lowest BCUT2D eigenvalue weighted by atomic mass is 10.1. The molecule has 0 bridgehead atoms. The first-order valence-corrected chi connectivity index (χ1v) is 8.58. The van der Waals surface area contributed by atoms with Crippen LogP contribution in [0, 0.1) is 0 Å². The number of fused-ring (bicyclic) bond motifs is 1. The van der Waals surface area contributed by atoms with Crippen LogP contribution in [0.1, 0.15) is 25.7 Å². The Morgan fingerprint density at radius 1 is 0.905 bits per heavy atom. The third-order valence-electron chi connectivity index (χ3n) is 3.85. The molecule has 5 heteroatoms. The molecule has 21 heavy (non-hydrogen) atoms. The molecule has 0 aromatic heterocycles. The smallest absolute Gasteiger partial charge is 0.267 e. The first kappa shape index (κ1) is 14.1. The number of carbonyl (C=O) groups is 1. The van der Waals surface area contributed by atoms with Crippen molar-refractivity contribution in [3.63, 3.8) is 0 Å². The fourth-order valence-electron chi connectivity index (χ4n) is 2.75. The predicted molar refractivity (Wildman–Crippen MR) is 81.3 cm³/mol. The zero-order chi connectivity index (χ0) is 14.9. The van der Waals surface area contributed by atoms with Crippen LogP contribution in [0.4, 0.5) is 0 Å². The van der Waals surface area contributed by atoms with Crippen LogP contribution >= 0.6 is 0 Å². The lowest BCUT2D eigenvalue weighted by molar-refractivity contribution is -0.126. The summed E-state index contributed by atoms with van der Waals surface area (Å²) in [6.45, 7) is 0.282. The highest BCUT2D eigenvalue weighted by Crippen LogP contribution is 2.27. The van der Waals surface area contributed by atoms with Crippen molar-refractivity contribution in [2.75, 3.05) is 6.54 Å². The molecule has 1 aliphatic heterocycles. The van der Waals surface area contributed by atoms with Gasteiger partial charge in [-0.3, -0.25) is 4.79 Å². The van der Waals surface area contributed by atoms with Crippen molar-refractivity contribution in [2.45, 2.75) is 30.6 Å². The van der Waals surface area contributed by atoms with E-state index in [4.69, 9.17) is 0 Å². The second-order valence-electron chi connectivity index (χ2n) is 5.26. The first-order valence-electron chi connectivity index (χ1n) is 7.14. The van der Waals surface area contributed by atoms with Crippen molar-refractivity contribution in [3.05, 3.63) is 42.5 Å². The molecule has 1 aliphatic rings. The lowest BCUT2D eigenvalue weighted by Gasteiger charge is -2.21. The minimum Gasteiger partial charge on any atom is -0.274 e. The van der Waals surface area contributed by atoms with Gasteiger partial charge in [-0.05, 0) is 24.3 Å². The molecule has 0 aliphatic carbocycles. The van der Waals surface area contributed by atoms with Gasteiger partial charge in [-0.15, -0.1) is 0 Å². The van der Waals surface area contributed by atoms with Gasteiger partial charge < -0.3 is 0 Å². The van der Waals surface area contributed by atoms with Gasteiger partial charge in [0, 0.05) is 18.4 Å². The maximum Gasteiger partial charge on any atom is 0.267 e. The van der Waals surface area contributed by atoms with Crippen LogP contribution < -0.4 is 0 Å². The van der Waals surface area contributed by atoms with E-state index >= 15 is 0 Å². The highest BCUT2D eigenvalue weighted by atomic mass is 32.2. The van der Waals surface area contributed by atoms with Crippen molar-refractivity contribution in [1.82, 2.24) is 4.31 Å². The van der Waals surface area contributed by atoms with Gasteiger partial charge in [-0.1, -0.05) is 42.8 Å². The topological polar surface area (TPSA) is 54.5 Å². The largest absolute Gasteiger partial charge is 0.274 e. The van der Waals surface area contributed by atoms with E-state index in [0.29, 0.717) is 11.8 Å². The zero-order valence-electron chi connectivity index (χ0n) is 11.7. The van der Waals surface area contributed by atoms with Crippen molar-refractivity contribution in [1.29, 1.82) is 0 Å². The fourth-order valence-corrected chi connectivity index (χ4v) is 4.43. The molecule has 0 radical (unpaired) electrons. The molecule has 0 atom stereocenters. The predicted octanol–water partition coefficient (Wildman–Crippen LogP) is 2.93. The maximum absolute atomic E-state index is 12.9. The summed E-state index contributed by atoms with van der Waals surface area (Å²) in [6.07, 6.45) is 2.70. The van der Waals surface area contributed by atoms with Crippen LogP contribution in [-0.4, -0.2) is 25.2 Å². The summed E-state index contributed by atoms with van der Waals surface area (Å²) >= 11 is 0. The molecule has 2 aromatic rings. The molecular formula is C16H17NO3S. The van der Waals surface area contributed by atoms with Crippen LogP contribution in [0.2, 0.25) is 0 Å². The van der Waals surface area contributed by atoms with E-state index in [2.05, 4.69) is 0 Å². The number of nitrogens with zero attached hydrogens (tertiary/aromatic N) is 1. The van der Waals surface area contributed by atoms with Crippen LogP contribution in [-0.2, 0) is 14.8 Å². The summed E-state index contributed by atoms with van der Waals surface area (Å²) < 4.78 is 26.8. The van der Waals surface area contributed by atoms with E-state index in [1.165, 1.54) is 0 Å². The zero-order valence-corrected chi connectivity index (χ0v) is 12.5. The summed E-state index contributed by atoms with van der Waals surface area (Å²) in [7, 11) is -3.78. The third-order valence-corrected chi connectivity index (χ3v) is 5.73. The Kier molecular flexibility index (Phi) is 3.68. The van der Waals surface area contributed by atoms with Gasteiger partial charge >= 0.3 is 0 Å². The molecule has 2 aromatic carbocycles. The average Bonchev–Trinajstić information content (AvgIpc) is 2.71. The van der Waals surface area contributed by atoms with Crippen molar-refractivity contribution >= 4 is 26.7 Å². The highest BCUT2D eigenvalue weighted by molar-refractivity contribution is 7.90. The average molecular weight is 303 g/mol. The highest BCUT2D eigenvalue weighted by Gasteiger charge is 2.30. The normalized spacial score (nSPS) is 17.0. The standard InChI is InChI=1S/C16H17NO3S/c18-16-11-2-1-5-12-17(16)21(19,20)15-10-6-8-13-7-3-4-9-14(13)15/h3-4,6-10H,1-2,5,11-12H2. The first-order chi connectivity index (χ1) is 10.1. The minimum atomic E-state index is -3.78.